The highest BCUT2D eigenvalue weighted by molar-refractivity contribution is 5.89. The second-order valence-corrected chi connectivity index (χ2v) is 15.8. The van der Waals surface area contributed by atoms with Crippen molar-refractivity contribution >= 4 is 23.0 Å². The SMILES string of the molecule is COc1ccc(-c2oc3cc(O)cc(O)c3c(=O)c2O[C@H]2O[C@@H](CO[C@@H]3O[C@@H](C)[C@H](O)[C@@H](O)[C@@H]3OC(=O)/C=C/c3ccc(O)cc3O)[C@H](O)[C@@H](O)[C@@H]2O[C@@H]2O[C@H](CO)[C@@H](O)[C@H](O)[C@H]2O)cc1O. The van der Waals surface area contributed by atoms with Gasteiger partial charge >= 0.3 is 5.97 Å². The van der Waals surface area contributed by atoms with Gasteiger partial charge in [-0.05, 0) is 43.3 Å². The Morgan fingerprint density at radius 2 is 1.39 bits per heavy atom. The number of rotatable bonds is 13. The maximum atomic E-state index is 14.3. The molecule has 7 rings (SSSR count). The van der Waals surface area contributed by atoms with E-state index in [2.05, 4.69) is 0 Å². The summed E-state index contributed by atoms with van der Waals surface area (Å²) in [6.45, 7) is -0.374. The summed E-state index contributed by atoms with van der Waals surface area (Å²) in [6.07, 6.45) is -25.8. The zero-order chi connectivity index (χ0) is 48.6. The molecule has 3 aliphatic heterocycles. The van der Waals surface area contributed by atoms with Gasteiger partial charge in [-0.2, -0.15) is 0 Å². The van der Waals surface area contributed by atoms with Gasteiger partial charge in [-0.25, -0.2) is 4.79 Å². The second-order valence-electron chi connectivity index (χ2n) is 15.8. The quantitative estimate of drug-likeness (QED) is 0.0515. The number of fused-ring (bicyclic) bond motifs is 1. The molecule has 3 aromatic carbocycles. The average Bonchev–Trinajstić information content (AvgIpc) is 3.28. The fourth-order valence-electron chi connectivity index (χ4n) is 7.59. The summed E-state index contributed by atoms with van der Waals surface area (Å²) in [6, 6.07) is 9.08. The van der Waals surface area contributed by atoms with E-state index in [4.69, 9.17) is 42.3 Å². The second kappa shape index (κ2) is 20.2. The van der Waals surface area contributed by atoms with Gasteiger partial charge in [0.2, 0.25) is 17.5 Å². The van der Waals surface area contributed by atoms with E-state index in [0.29, 0.717) is 0 Å². The number of hydrogen-bond acceptors (Lipinski definition) is 24. The van der Waals surface area contributed by atoms with Crippen molar-refractivity contribution in [3.05, 3.63) is 70.4 Å². The molecule has 1 aromatic heterocycles. The fraction of sp³-hybridized carbons (Fsp3) is 0.442. The first-order valence-corrected chi connectivity index (χ1v) is 20.4. The van der Waals surface area contributed by atoms with Gasteiger partial charge in [-0.15, -0.1) is 0 Å². The molecule has 364 valence electrons. The van der Waals surface area contributed by atoms with E-state index >= 15 is 0 Å². The number of methoxy groups -OCH3 is 1. The lowest BCUT2D eigenvalue weighted by Crippen LogP contribution is -2.65. The minimum Gasteiger partial charge on any atom is -0.508 e. The molecule has 0 amide bonds. The lowest BCUT2D eigenvalue weighted by molar-refractivity contribution is -0.362. The van der Waals surface area contributed by atoms with Crippen LogP contribution in [-0.2, 0) is 33.2 Å². The molecule has 13 N–H and O–H groups in total. The van der Waals surface area contributed by atoms with Crippen LogP contribution >= 0.6 is 0 Å². The maximum absolute atomic E-state index is 14.3. The van der Waals surface area contributed by atoms with Crippen molar-refractivity contribution in [1.29, 1.82) is 0 Å². The highest BCUT2D eigenvalue weighted by Crippen LogP contribution is 2.41. The zero-order valence-electron chi connectivity index (χ0n) is 35.2. The van der Waals surface area contributed by atoms with Gasteiger partial charge in [0.15, 0.2) is 42.0 Å². The van der Waals surface area contributed by atoms with Crippen molar-refractivity contribution in [3.8, 4) is 51.6 Å². The Bertz CT molecular complexity index is 2490. The number of phenolic OH excluding ortho intramolecular Hbond substituents is 5. The normalized spacial score (nSPS) is 32.3. The van der Waals surface area contributed by atoms with Crippen LogP contribution in [-0.4, -0.2) is 185 Å². The van der Waals surface area contributed by atoms with Gasteiger partial charge in [0, 0.05) is 35.4 Å². The molecular weight excluding hydrogens is 900 g/mol. The molecule has 24 heteroatoms. The number of phenols is 5. The summed E-state index contributed by atoms with van der Waals surface area (Å²) in [5.74, 6) is -4.81. The summed E-state index contributed by atoms with van der Waals surface area (Å²) < 4.78 is 51.5. The zero-order valence-corrected chi connectivity index (χ0v) is 35.2. The van der Waals surface area contributed by atoms with Crippen LogP contribution in [0.3, 0.4) is 0 Å². The molecule has 0 unspecified atom stereocenters. The Labute approximate surface area is 377 Å². The Morgan fingerprint density at radius 3 is 2.07 bits per heavy atom. The third kappa shape index (κ3) is 10.1. The summed E-state index contributed by atoms with van der Waals surface area (Å²) >= 11 is 0. The third-order valence-corrected chi connectivity index (χ3v) is 11.3. The van der Waals surface area contributed by atoms with Crippen molar-refractivity contribution < 1.29 is 113 Å². The summed E-state index contributed by atoms with van der Waals surface area (Å²) in [5, 5.41) is 137. The first kappa shape index (κ1) is 49.1. The molecule has 0 aliphatic carbocycles. The predicted molar refractivity (Wildman–Crippen MR) is 220 cm³/mol. The van der Waals surface area contributed by atoms with Crippen molar-refractivity contribution in [2.75, 3.05) is 20.3 Å². The van der Waals surface area contributed by atoms with E-state index in [-0.39, 0.29) is 34.0 Å². The van der Waals surface area contributed by atoms with Crippen LogP contribution in [0.5, 0.6) is 40.2 Å². The minimum absolute atomic E-state index is 0.00518. The van der Waals surface area contributed by atoms with Crippen LogP contribution in [0, 0.1) is 0 Å². The van der Waals surface area contributed by atoms with E-state index in [1.807, 2.05) is 0 Å². The molecule has 0 spiro atoms. The molecule has 67 heavy (non-hydrogen) atoms. The van der Waals surface area contributed by atoms with E-state index in [9.17, 15) is 76.0 Å². The van der Waals surface area contributed by atoms with Gasteiger partial charge in [0.25, 0.3) is 0 Å². The van der Waals surface area contributed by atoms with Gasteiger partial charge in [0.1, 0.15) is 88.9 Å². The number of carbonyl (C=O) groups is 1. The maximum Gasteiger partial charge on any atom is 0.331 e. The molecule has 3 saturated heterocycles. The molecule has 15 atom stereocenters. The minimum atomic E-state index is -2.18. The Kier molecular flexibility index (Phi) is 14.8. The van der Waals surface area contributed by atoms with Gasteiger partial charge < -0.3 is 109 Å². The molecule has 3 fully saturated rings. The first-order chi connectivity index (χ1) is 31.8. The molecular formula is C43H48O24. The molecule has 0 radical (unpaired) electrons. The van der Waals surface area contributed by atoms with Crippen LogP contribution in [0.25, 0.3) is 28.4 Å². The number of benzene rings is 3. The van der Waals surface area contributed by atoms with Crippen LogP contribution in [0.1, 0.15) is 12.5 Å². The third-order valence-electron chi connectivity index (χ3n) is 11.3. The number of aromatic hydroxyl groups is 5. The molecule has 24 nitrogen and oxygen atoms in total. The summed E-state index contributed by atoms with van der Waals surface area (Å²) in [7, 11) is 1.27. The average molecular weight is 949 g/mol. The number of hydrogen-bond donors (Lipinski definition) is 13. The fourth-order valence-corrected chi connectivity index (χ4v) is 7.59. The van der Waals surface area contributed by atoms with Gasteiger partial charge in [0.05, 0.1) is 26.4 Å². The van der Waals surface area contributed by atoms with Crippen molar-refractivity contribution in [2.45, 2.75) is 99.0 Å². The smallest absolute Gasteiger partial charge is 0.331 e. The van der Waals surface area contributed by atoms with Crippen LogP contribution in [0.2, 0.25) is 0 Å². The highest BCUT2D eigenvalue weighted by atomic mass is 16.8. The van der Waals surface area contributed by atoms with Gasteiger partial charge in [-0.1, -0.05) is 0 Å². The lowest BCUT2D eigenvalue weighted by atomic mass is 9.97. The van der Waals surface area contributed by atoms with Crippen molar-refractivity contribution in [1.82, 2.24) is 0 Å². The van der Waals surface area contributed by atoms with Crippen LogP contribution in [0.15, 0.2) is 63.8 Å². The highest BCUT2D eigenvalue weighted by Gasteiger charge is 2.53. The van der Waals surface area contributed by atoms with E-state index in [1.54, 1.807) is 0 Å². The number of esters is 1. The molecule has 0 bridgehead atoms. The number of aliphatic hydroxyl groups is 8. The van der Waals surface area contributed by atoms with Gasteiger partial charge in [-0.3, -0.25) is 4.79 Å². The number of carbonyl (C=O) groups excluding carboxylic acids is 1. The van der Waals surface area contributed by atoms with Crippen LogP contribution in [0.4, 0.5) is 0 Å². The first-order valence-electron chi connectivity index (χ1n) is 20.4. The lowest BCUT2D eigenvalue weighted by Gasteiger charge is -2.46. The number of ether oxygens (including phenoxy) is 8. The molecule has 3 aliphatic rings. The Hall–Kier alpha value is -5.84. The van der Waals surface area contributed by atoms with Crippen molar-refractivity contribution in [3.63, 3.8) is 0 Å². The van der Waals surface area contributed by atoms with E-state index < -0.39 is 151 Å². The summed E-state index contributed by atoms with van der Waals surface area (Å²) in [4.78, 5) is 27.3. The largest absolute Gasteiger partial charge is 0.508 e. The Morgan fingerprint density at radius 1 is 0.701 bits per heavy atom. The predicted octanol–water partition coefficient (Wildman–Crippen LogP) is -1.88. The standard InChI is InChI=1S/C43H48O24/c1-15-29(51)34(56)39(65-27(50)8-5-16-3-6-18(45)10-20(16)47)42(61-15)60-14-26-31(53)35(57)40(67-41-36(58)33(55)30(52)25(13-44)63-41)43(64-26)66-38-32(54)28-22(49)11-19(46)12-24(28)62-37(38)17-4-7-23(59-2)21(48)9-17/h3-12,15,25-26,29-31,33-36,39-49,51-53,55-58H,13-14H2,1-2H3/b8-5+/t15-,25+,26-,29-,30+,31-,33-,34+,35+,36+,39-,40-,41-,42+,43+/m0/s1. The van der Waals surface area contributed by atoms with Crippen LogP contribution < -0.4 is 14.9 Å². The van der Waals surface area contributed by atoms with E-state index in [0.717, 1.165) is 36.4 Å². The van der Waals surface area contributed by atoms with Crippen molar-refractivity contribution in [2.24, 2.45) is 0 Å². The Balaban J connectivity index is 1.23. The summed E-state index contributed by atoms with van der Waals surface area (Å²) in [5.41, 5.74) is -1.49. The molecule has 0 saturated carbocycles. The monoisotopic (exact) mass is 948 g/mol. The molecule has 4 aromatic rings. The topological polar surface area (TPSA) is 384 Å². The van der Waals surface area contributed by atoms with E-state index in [1.165, 1.54) is 38.3 Å². The molecule has 4 heterocycles. The number of aliphatic hydroxyl groups excluding tert-OH is 8.